The SMILES string of the molecule is CC(=O)N1CC/C(=C\C(CCC(=O)NC(c2ccccc2)(c2ccccc2)c2ccccc2)NC(=O)OC(C)(C)C)C1=O. The summed E-state index contributed by atoms with van der Waals surface area (Å²) in [6, 6.07) is 28.7. The Morgan fingerprint density at radius 3 is 1.77 bits per heavy atom. The van der Waals surface area contributed by atoms with Crippen molar-refractivity contribution in [1.29, 1.82) is 0 Å². The van der Waals surface area contributed by atoms with Crippen molar-refractivity contribution in [1.82, 2.24) is 15.5 Å². The maximum atomic E-state index is 13.8. The quantitative estimate of drug-likeness (QED) is 0.258. The molecule has 1 aliphatic rings. The number of amides is 4. The first-order valence-corrected chi connectivity index (χ1v) is 14.5. The van der Waals surface area contributed by atoms with Gasteiger partial charge in [0, 0.05) is 25.5 Å². The third kappa shape index (κ3) is 7.77. The molecule has 3 aromatic carbocycles. The van der Waals surface area contributed by atoms with Crippen molar-refractivity contribution in [3.8, 4) is 0 Å². The minimum atomic E-state index is -0.975. The molecule has 1 unspecified atom stereocenters. The topological polar surface area (TPSA) is 105 Å². The zero-order valence-electron chi connectivity index (χ0n) is 25.1. The lowest BCUT2D eigenvalue weighted by molar-refractivity contribution is -0.139. The van der Waals surface area contributed by atoms with E-state index < -0.39 is 23.3 Å². The van der Waals surface area contributed by atoms with Crippen molar-refractivity contribution < 1.29 is 23.9 Å². The zero-order chi connectivity index (χ0) is 31.0. The Hall–Kier alpha value is -4.72. The number of hydrogen-bond acceptors (Lipinski definition) is 5. The van der Waals surface area contributed by atoms with Gasteiger partial charge in [0.25, 0.3) is 5.91 Å². The first-order valence-electron chi connectivity index (χ1n) is 14.5. The zero-order valence-corrected chi connectivity index (χ0v) is 25.1. The van der Waals surface area contributed by atoms with Crippen LogP contribution in [0.5, 0.6) is 0 Å². The third-order valence-electron chi connectivity index (χ3n) is 7.24. The Balaban J connectivity index is 1.63. The van der Waals surface area contributed by atoms with Crippen LogP contribution in [-0.2, 0) is 24.7 Å². The van der Waals surface area contributed by atoms with E-state index in [0.29, 0.717) is 12.0 Å². The predicted octanol–water partition coefficient (Wildman–Crippen LogP) is 5.47. The number of rotatable bonds is 9. The number of benzene rings is 3. The molecular weight excluding hydrogens is 542 g/mol. The Kier molecular flexibility index (Phi) is 9.80. The Labute approximate surface area is 253 Å². The second-order valence-electron chi connectivity index (χ2n) is 11.6. The van der Waals surface area contributed by atoms with Gasteiger partial charge >= 0.3 is 6.09 Å². The van der Waals surface area contributed by atoms with E-state index in [1.165, 1.54) is 11.8 Å². The average molecular weight is 582 g/mol. The summed E-state index contributed by atoms with van der Waals surface area (Å²) >= 11 is 0. The van der Waals surface area contributed by atoms with E-state index in [1.807, 2.05) is 91.0 Å². The Morgan fingerprint density at radius 2 is 1.35 bits per heavy atom. The number of carbonyl (C=O) groups is 4. The molecule has 0 saturated carbocycles. The molecule has 1 heterocycles. The van der Waals surface area contributed by atoms with Crippen molar-refractivity contribution in [2.24, 2.45) is 0 Å². The first-order chi connectivity index (χ1) is 20.5. The van der Waals surface area contributed by atoms with Crippen LogP contribution in [0.1, 0.15) is 63.6 Å². The molecule has 8 heteroatoms. The van der Waals surface area contributed by atoms with Gasteiger partial charge in [0.2, 0.25) is 11.8 Å². The van der Waals surface area contributed by atoms with Crippen LogP contribution in [0, 0.1) is 0 Å². The molecule has 43 heavy (non-hydrogen) atoms. The van der Waals surface area contributed by atoms with Crippen LogP contribution in [0.2, 0.25) is 0 Å². The molecule has 1 aliphatic heterocycles. The summed E-state index contributed by atoms with van der Waals surface area (Å²) in [7, 11) is 0. The van der Waals surface area contributed by atoms with Crippen LogP contribution in [0.4, 0.5) is 4.79 Å². The standard InChI is InChI=1S/C35H39N3O5/c1-25(39)38-23-22-26(32(38)41)24-30(36-33(42)43-34(2,3)4)20-21-31(40)37-35(27-14-8-5-9-15-27,28-16-10-6-11-17-28)29-18-12-7-13-19-29/h5-19,24,30H,20-23H2,1-4H3,(H,36,42)(H,37,40)/b26-24+. The van der Waals surface area contributed by atoms with Gasteiger partial charge in [-0.05, 0) is 50.3 Å². The summed E-state index contributed by atoms with van der Waals surface area (Å²) < 4.78 is 5.45. The van der Waals surface area contributed by atoms with Gasteiger partial charge < -0.3 is 15.4 Å². The molecule has 1 atom stereocenters. The molecule has 3 aromatic rings. The molecule has 224 valence electrons. The molecule has 4 amide bonds. The summed E-state index contributed by atoms with van der Waals surface area (Å²) in [5.74, 6) is -0.957. The van der Waals surface area contributed by atoms with Crippen LogP contribution in [-0.4, -0.2) is 46.9 Å². The number of hydrogen-bond donors (Lipinski definition) is 2. The molecule has 0 aromatic heterocycles. The normalized spacial score (nSPS) is 15.2. The molecule has 0 radical (unpaired) electrons. The van der Waals surface area contributed by atoms with Gasteiger partial charge in [0.1, 0.15) is 11.1 Å². The number of carbonyl (C=O) groups excluding carboxylic acids is 4. The lowest BCUT2D eigenvalue weighted by Gasteiger charge is -2.37. The maximum Gasteiger partial charge on any atom is 0.408 e. The highest BCUT2D eigenvalue weighted by atomic mass is 16.6. The van der Waals surface area contributed by atoms with E-state index in [4.69, 9.17) is 4.74 Å². The smallest absolute Gasteiger partial charge is 0.408 e. The van der Waals surface area contributed by atoms with Crippen LogP contribution >= 0.6 is 0 Å². The fraction of sp³-hybridized carbons (Fsp3) is 0.314. The highest BCUT2D eigenvalue weighted by Gasteiger charge is 2.38. The average Bonchev–Trinajstić information content (AvgIpc) is 3.35. The van der Waals surface area contributed by atoms with Gasteiger partial charge in [-0.25, -0.2) is 4.79 Å². The highest BCUT2D eigenvalue weighted by Crippen LogP contribution is 2.37. The lowest BCUT2D eigenvalue weighted by atomic mass is 9.77. The summed E-state index contributed by atoms with van der Waals surface area (Å²) in [6.45, 7) is 6.91. The fourth-order valence-corrected chi connectivity index (χ4v) is 5.31. The molecule has 0 spiro atoms. The number of ether oxygens (including phenoxy) is 1. The Morgan fingerprint density at radius 1 is 0.860 bits per heavy atom. The third-order valence-corrected chi connectivity index (χ3v) is 7.24. The van der Waals surface area contributed by atoms with Gasteiger partial charge in [0.05, 0.1) is 6.04 Å². The maximum absolute atomic E-state index is 13.8. The number of nitrogens with one attached hydrogen (secondary N) is 2. The monoisotopic (exact) mass is 581 g/mol. The van der Waals surface area contributed by atoms with Crippen LogP contribution in [0.3, 0.4) is 0 Å². The summed E-state index contributed by atoms with van der Waals surface area (Å²) in [4.78, 5) is 52.4. The molecule has 8 nitrogen and oxygen atoms in total. The van der Waals surface area contributed by atoms with Crippen molar-refractivity contribution in [2.75, 3.05) is 6.54 Å². The van der Waals surface area contributed by atoms with Crippen LogP contribution in [0.25, 0.3) is 0 Å². The Bertz CT molecular complexity index is 1370. The fourth-order valence-electron chi connectivity index (χ4n) is 5.31. The van der Waals surface area contributed by atoms with Gasteiger partial charge in [0.15, 0.2) is 0 Å². The van der Waals surface area contributed by atoms with Gasteiger partial charge in [-0.15, -0.1) is 0 Å². The van der Waals surface area contributed by atoms with Crippen molar-refractivity contribution in [3.63, 3.8) is 0 Å². The van der Waals surface area contributed by atoms with E-state index in [9.17, 15) is 19.2 Å². The molecule has 4 rings (SSSR count). The molecular formula is C35H39N3O5. The lowest BCUT2D eigenvalue weighted by Crippen LogP contribution is -2.48. The number of imide groups is 1. The van der Waals surface area contributed by atoms with Crippen molar-refractivity contribution in [2.45, 2.75) is 64.1 Å². The molecule has 2 N–H and O–H groups in total. The number of likely N-dealkylation sites (tertiary alicyclic amines) is 1. The minimum Gasteiger partial charge on any atom is -0.444 e. The molecule has 1 fully saturated rings. The second kappa shape index (κ2) is 13.5. The predicted molar refractivity (Wildman–Crippen MR) is 165 cm³/mol. The van der Waals surface area contributed by atoms with Crippen molar-refractivity contribution >= 4 is 23.8 Å². The first kappa shape index (κ1) is 31.2. The summed E-state index contributed by atoms with van der Waals surface area (Å²) in [5, 5.41) is 6.13. The highest BCUT2D eigenvalue weighted by molar-refractivity contribution is 6.05. The van der Waals surface area contributed by atoms with Crippen LogP contribution in [0.15, 0.2) is 103 Å². The second-order valence-corrected chi connectivity index (χ2v) is 11.6. The van der Waals surface area contributed by atoms with E-state index in [2.05, 4.69) is 10.6 Å². The van der Waals surface area contributed by atoms with Gasteiger partial charge in [-0.2, -0.15) is 0 Å². The van der Waals surface area contributed by atoms with Gasteiger partial charge in [-0.1, -0.05) is 97.1 Å². The molecule has 0 bridgehead atoms. The molecule has 0 aliphatic carbocycles. The van der Waals surface area contributed by atoms with E-state index in [1.54, 1.807) is 26.8 Å². The van der Waals surface area contributed by atoms with Crippen molar-refractivity contribution in [3.05, 3.63) is 119 Å². The number of alkyl carbamates (subject to hydrolysis) is 1. The number of nitrogens with zero attached hydrogens (tertiary/aromatic N) is 1. The molecule has 1 saturated heterocycles. The summed E-state index contributed by atoms with van der Waals surface area (Å²) in [5.41, 5.74) is 1.40. The van der Waals surface area contributed by atoms with E-state index in [0.717, 1.165) is 16.7 Å². The van der Waals surface area contributed by atoms with E-state index in [-0.39, 0.29) is 37.1 Å². The largest absolute Gasteiger partial charge is 0.444 e. The minimum absolute atomic E-state index is 0.0448. The van der Waals surface area contributed by atoms with Crippen LogP contribution < -0.4 is 10.6 Å². The summed E-state index contributed by atoms with van der Waals surface area (Å²) in [6.07, 6.45) is 1.60. The van der Waals surface area contributed by atoms with Gasteiger partial charge in [-0.3, -0.25) is 19.3 Å². The van der Waals surface area contributed by atoms with E-state index >= 15 is 0 Å².